The summed E-state index contributed by atoms with van der Waals surface area (Å²) in [6.07, 6.45) is 4.15. The number of halogens is 1. The molecule has 1 amide bonds. The van der Waals surface area contributed by atoms with E-state index in [-0.39, 0.29) is 11.9 Å². The molecule has 1 aromatic rings. The molecule has 0 aliphatic rings. The third-order valence-corrected chi connectivity index (χ3v) is 2.66. The normalized spacial score (nSPS) is 12.7. The van der Waals surface area contributed by atoms with Crippen LogP contribution in [0, 0.1) is 0 Å². The number of hydrogen-bond acceptors (Lipinski definition) is 1. The molecule has 0 saturated carbocycles. The molecule has 2 nitrogen and oxygen atoms in total. The fraction of sp³-hybridized carbons (Fsp3) is 0.308. The molecule has 0 aliphatic carbocycles. The third-order valence-electron chi connectivity index (χ3n) is 2.32. The van der Waals surface area contributed by atoms with Crippen molar-refractivity contribution < 1.29 is 4.79 Å². The zero-order valence-electron chi connectivity index (χ0n) is 9.53. The Morgan fingerprint density at radius 1 is 1.50 bits per heavy atom. The maximum Gasteiger partial charge on any atom is 0.244 e. The van der Waals surface area contributed by atoms with Crippen molar-refractivity contribution in [3.63, 3.8) is 0 Å². The first-order chi connectivity index (χ1) is 7.63. The third kappa shape index (κ3) is 4.07. The van der Waals surface area contributed by atoms with Gasteiger partial charge >= 0.3 is 0 Å². The van der Waals surface area contributed by atoms with Gasteiger partial charge in [-0.2, -0.15) is 0 Å². The fourth-order valence-corrected chi connectivity index (χ4v) is 1.37. The summed E-state index contributed by atoms with van der Waals surface area (Å²) in [5, 5.41) is 3.50. The van der Waals surface area contributed by atoms with Gasteiger partial charge in [0.1, 0.15) is 0 Å². The SMILES string of the molecule is CC[C@H](C)NC(=O)/C=C/c1ccccc1Cl. The predicted molar refractivity (Wildman–Crippen MR) is 68.4 cm³/mol. The average Bonchev–Trinajstić information content (AvgIpc) is 2.28. The summed E-state index contributed by atoms with van der Waals surface area (Å²) in [7, 11) is 0. The molecule has 0 bridgehead atoms. The van der Waals surface area contributed by atoms with Crippen molar-refractivity contribution in [2.24, 2.45) is 0 Å². The maximum atomic E-state index is 11.5. The Balaban J connectivity index is 2.60. The van der Waals surface area contributed by atoms with Crippen LogP contribution < -0.4 is 5.32 Å². The molecule has 0 spiro atoms. The molecule has 0 heterocycles. The van der Waals surface area contributed by atoms with Gasteiger partial charge in [-0.1, -0.05) is 36.7 Å². The predicted octanol–water partition coefficient (Wildman–Crippen LogP) is 3.27. The topological polar surface area (TPSA) is 29.1 Å². The van der Waals surface area contributed by atoms with Crippen LogP contribution in [0.5, 0.6) is 0 Å². The van der Waals surface area contributed by atoms with Gasteiger partial charge in [0.2, 0.25) is 5.91 Å². The second-order valence-corrected chi connectivity index (χ2v) is 4.08. The van der Waals surface area contributed by atoms with Crippen LogP contribution in [-0.2, 0) is 4.79 Å². The van der Waals surface area contributed by atoms with E-state index in [1.165, 1.54) is 6.08 Å². The van der Waals surface area contributed by atoms with E-state index in [2.05, 4.69) is 5.32 Å². The molecule has 0 aromatic heterocycles. The summed E-state index contributed by atoms with van der Waals surface area (Å²) in [6.45, 7) is 4.00. The smallest absolute Gasteiger partial charge is 0.244 e. The average molecular weight is 238 g/mol. The van der Waals surface area contributed by atoms with Crippen molar-refractivity contribution in [1.82, 2.24) is 5.32 Å². The molecule has 1 atom stereocenters. The van der Waals surface area contributed by atoms with Crippen LogP contribution in [0.25, 0.3) is 6.08 Å². The van der Waals surface area contributed by atoms with Crippen LogP contribution >= 0.6 is 11.6 Å². The Bertz CT molecular complexity index is 387. The molecule has 1 N–H and O–H groups in total. The van der Waals surface area contributed by atoms with Crippen molar-refractivity contribution in [3.05, 3.63) is 40.9 Å². The lowest BCUT2D eigenvalue weighted by atomic mass is 10.2. The lowest BCUT2D eigenvalue weighted by Crippen LogP contribution is -2.30. The van der Waals surface area contributed by atoms with Crippen molar-refractivity contribution in [1.29, 1.82) is 0 Å². The largest absolute Gasteiger partial charge is 0.350 e. The fourth-order valence-electron chi connectivity index (χ4n) is 1.17. The number of carbonyl (C=O) groups is 1. The summed E-state index contributed by atoms with van der Waals surface area (Å²) >= 11 is 5.96. The lowest BCUT2D eigenvalue weighted by molar-refractivity contribution is -0.117. The highest BCUT2D eigenvalue weighted by molar-refractivity contribution is 6.32. The van der Waals surface area contributed by atoms with Gasteiger partial charge < -0.3 is 5.32 Å². The molecular formula is C13H16ClNO. The van der Waals surface area contributed by atoms with E-state index < -0.39 is 0 Å². The van der Waals surface area contributed by atoms with Crippen molar-refractivity contribution in [2.45, 2.75) is 26.3 Å². The second kappa shape index (κ2) is 6.33. The van der Waals surface area contributed by atoms with Crippen LogP contribution in [0.15, 0.2) is 30.3 Å². The Kier molecular flexibility index (Phi) is 5.06. The Labute approximate surface area is 101 Å². The molecule has 0 radical (unpaired) electrons. The van der Waals surface area contributed by atoms with Gasteiger partial charge in [0.25, 0.3) is 0 Å². The number of amides is 1. The Hall–Kier alpha value is -1.28. The van der Waals surface area contributed by atoms with Gasteiger partial charge in [-0.15, -0.1) is 0 Å². The van der Waals surface area contributed by atoms with Crippen LogP contribution in [-0.4, -0.2) is 11.9 Å². The molecule has 1 rings (SSSR count). The van der Waals surface area contributed by atoms with Gasteiger partial charge in [0.15, 0.2) is 0 Å². The summed E-state index contributed by atoms with van der Waals surface area (Å²) in [4.78, 5) is 11.5. The molecule has 0 unspecified atom stereocenters. The summed E-state index contributed by atoms with van der Waals surface area (Å²) in [5.41, 5.74) is 0.850. The highest BCUT2D eigenvalue weighted by atomic mass is 35.5. The Morgan fingerprint density at radius 2 is 2.19 bits per heavy atom. The molecule has 3 heteroatoms. The number of benzene rings is 1. The Morgan fingerprint density at radius 3 is 2.81 bits per heavy atom. The van der Waals surface area contributed by atoms with Crippen LogP contribution in [0.4, 0.5) is 0 Å². The molecule has 0 fully saturated rings. The minimum atomic E-state index is -0.0886. The zero-order valence-corrected chi connectivity index (χ0v) is 10.3. The number of hydrogen-bond donors (Lipinski definition) is 1. The summed E-state index contributed by atoms with van der Waals surface area (Å²) in [6, 6.07) is 7.61. The summed E-state index contributed by atoms with van der Waals surface area (Å²) in [5.74, 6) is -0.0886. The molecule has 0 aliphatic heterocycles. The zero-order chi connectivity index (χ0) is 12.0. The van der Waals surface area contributed by atoms with E-state index in [0.717, 1.165) is 12.0 Å². The van der Waals surface area contributed by atoms with E-state index in [0.29, 0.717) is 5.02 Å². The molecule has 86 valence electrons. The monoisotopic (exact) mass is 237 g/mol. The van der Waals surface area contributed by atoms with Gasteiger partial charge in [-0.3, -0.25) is 4.79 Å². The van der Waals surface area contributed by atoms with Crippen molar-refractivity contribution >= 4 is 23.6 Å². The first kappa shape index (κ1) is 12.8. The van der Waals surface area contributed by atoms with E-state index in [9.17, 15) is 4.79 Å². The van der Waals surface area contributed by atoms with Crippen molar-refractivity contribution in [2.75, 3.05) is 0 Å². The van der Waals surface area contributed by atoms with Gasteiger partial charge in [-0.25, -0.2) is 0 Å². The van der Waals surface area contributed by atoms with E-state index in [1.54, 1.807) is 12.1 Å². The maximum absolute atomic E-state index is 11.5. The second-order valence-electron chi connectivity index (χ2n) is 3.67. The van der Waals surface area contributed by atoms with Crippen LogP contribution in [0.3, 0.4) is 0 Å². The van der Waals surface area contributed by atoms with E-state index >= 15 is 0 Å². The lowest BCUT2D eigenvalue weighted by Gasteiger charge is -2.08. The van der Waals surface area contributed by atoms with Crippen LogP contribution in [0.2, 0.25) is 5.02 Å². The summed E-state index contributed by atoms with van der Waals surface area (Å²) < 4.78 is 0. The van der Waals surface area contributed by atoms with Gasteiger partial charge in [-0.05, 0) is 31.1 Å². The first-order valence-electron chi connectivity index (χ1n) is 5.36. The van der Waals surface area contributed by atoms with Crippen molar-refractivity contribution in [3.8, 4) is 0 Å². The highest BCUT2D eigenvalue weighted by Gasteiger charge is 2.01. The van der Waals surface area contributed by atoms with Gasteiger partial charge in [0, 0.05) is 17.1 Å². The molecule has 0 saturated heterocycles. The minimum absolute atomic E-state index is 0.0886. The van der Waals surface area contributed by atoms with Gasteiger partial charge in [0.05, 0.1) is 0 Å². The highest BCUT2D eigenvalue weighted by Crippen LogP contribution is 2.15. The minimum Gasteiger partial charge on any atom is -0.350 e. The number of carbonyl (C=O) groups excluding carboxylic acids is 1. The number of nitrogens with one attached hydrogen (secondary N) is 1. The van der Waals surface area contributed by atoms with Crippen LogP contribution in [0.1, 0.15) is 25.8 Å². The standard InChI is InChI=1S/C13H16ClNO/c1-3-10(2)15-13(16)9-8-11-6-4-5-7-12(11)14/h4-10H,3H2,1-2H3,(H,15,16)/b9-8+/t10-/m0/s1. The molecular weight excluding hydrogens is 222 g/mol. The first-order valence-corrected chi connectivity index (χ1v) is 5.74. The molecule has 1 aromatic carbocycles. The quantitative estimate of drug-likeness (QED) is 0.801. The number of rotatable bonds is 4. The molecule has 16 heavy (non-hydrogen) atoms. The van der Waals surface area contributed by atoms with E-state index in [4.69, 9.17) is 11.6 Å². The van der Waals surface area contributed by atoms with E-state index in [1.807, 2.05) is 32.0 Å².